The molecule has 1 rings (SSSR count). The molecule has 104 valence electrons. The molecule has 0 aromatic heterocycles. The maximum absolute atomic E-state index is 11.9. The average Bonchev–Trinajstić information content (AvgIpc) is 2.36. The van der Waals surface area contributed by atoms with E-state index in [9.17, 15) is 13.8 Å². The standard InChI is InChI=1S/C13H17NO4S/c1-9(2)7-14-12(15)8-19(18)11-5-3-10(4-6-11)13(16)17/h3-6,9H,7-8H2,1-2H3,(H,14,15)(H,16,17). The van der Waals surface area contributed by atoms with Crippen molar-refractivity contribution < 1.29 is 18.9 Å². The summed E-state index contributed by atoms with van der Waals surface area (Å²) in [6.45, 7) is 4.50. The van der Waals surface area contributed by atoms with Gasteiger partial charge in [-0.25, -0.2) is 4.79 Å². The molecule has 0 bridgehead atoms. The van der Waals surface area contributed by atoms with Gasteiger partial charge in [-0.05, 0) is 30.2 Å². The number of carboxylic acid groups (broad SMARTS) is 1. The highest BCUT2D eigenvalue weighted by Crippen LogP contribution is 2.09. The first-order chi connectivity index (χ1) is 8.90. The minimum absolute atomic E-state index is 0.112. The number of rotatable bonds is 6. The number of aromatic carboxylic acids is 1. The van der Waals surface area contributed by atoms with Crippen molar-refractivity contribution in [3.8, 4) is 0 Å². The van der Waals surface area contributed by atoms with Gasteiger partial charge in [-0.3, -0.25) is 9.00 Å². The largest absolute Gasteiger partial charge is 0.478 e. The second-order valence-corrected chi connectivity index (χ2v) is 5.97. The lowest BCUT2D eigenvalue weighted by atomic mass is 10.2. The summed E-state index contributed by atoms with van der Waals surface area (Å²) in [5.41, 5.74) is 0.130. The predicted molar refractivity (Wildman–Crippen MR) is 72.5 cm³/mol. The third-order valence-electron chi connectivity index (χ3n) is 2.33. The molecule has 0 saturated heterocycles. The number of amides is 1. The lowest BCUT2D eigenvalue weighted by molar-refractivity contribution is -0.118. The number of carbonyl (C=O) groups is 2. The van der Waals surface area contributed by atoms with Crippen molar-refractivity contribution in [2.75, 3.05) is 12.3 Å². The molecule has 6 heteroatoms. The van der Waals surface area contributed by atoms with Gasteiger partial charge in [-0.1, -0.05) is 13.8 Å². The summed E-state index contributed by atoms with van der Waals surface area (Å²) in [5.74, 6) is -1.08. The van der Waals surface area contributed by atoms with Crippen molar-refractivity contribution in [1.29, 1.82) is 0 Å². The SMILES string of the molecule is CC(C)CNC(=O)CS(=O)c1ccc(C(=O)O)cc1. The Kier molecular flexibility index (Phi) is 5.69. The lowest BCUT2D eigenvalue weighted by Crippen LogP contribution is -2.31. The number of hydrogen-bond donors (Lipinski definition) is 2. The molecular weight excluding hydrogens is 266 g/mol. The van der Waals surface area contributed by atoms with Gasteiger partial charge in [0.15, 0.2) is 0 Å². The van der Waals surface area contributed by atoms with Gasteiger partial charge in [0.1, 0.15) is 5.75 Å². The van der Waals surface area contributed by atoms with Crippen LogP contribution in [0.15, 0.2) is 29.2 Å². The van der Waals surface area contributed by atoms with Crippen LogP contribution in [0.5, 0.6) is 0 Å². The van der Waals surface area contributed by atoms with E-state index in [0.29, 0.717) is 17.4 Å². The molecular formula is C13H17NO4S. The fourth-order valence-corrected chi connectivity index (χ4v) is 2.27. The average molecular weight is 283 g/mol. The molecule has 1 aromatic rings. The third kappa shape index (κ3) is 5.21. The molecule has 5 nitrogen and oxygen atoms in total. The van der Waals surface area contributed by atoms with Gasteiger partial charge in [-0.15, -0.1) is 0 Å². The topological polar surface area (TPSA) is 83.5 Å². The molecule has 0 saturated carbocycles. The molecule has 0 heterocycles. The van der Waals surface area contributed by atoms with E-state index >= 15 is 0 Å². The Labute approximate surface area is 114 Å². The molecule has 0 aliphatic carbocycles. The first-order valence-corrected chi connectivity index (χ1v) is 7.20. The van der Waals surface area contributed by atoms with E-state index in [0.717, 1.165) is 0 Å². The van der Waals surface area contributed by atoms with Crippen molar-refractivity contribution in [3.05, 3.63) is 29.8 Å². The van der Waals surface area contributed by atoms with Crippen molar-refractivity contribution in [1.82, 2.24) is 5.32 Å². The van der Waals surface area contributed by atoms with E-state index in [2.05, 4.69) is 5.32 Å². The first kappa shape index (κ1) is 15.4. The molecule has 2 N–H and O–H groups in total. The van der Waals surface area contributed by atoms with Crippen molar-refractivity contribution >= 4 is 22.7 Å². The van der Waals surface area contributed by atoms with Crippen LogP contribution in [-0.2, 0) is 15.6 Å². The van der Waals surface area contributed by atoms with E-state index in [1.165, 1.54) is 24.3 Å². The van der Waals surface area contributed by atoms with E-state index in [4.69, 9.17) is 5.11 Å². The second-order valence-electron chi connectivity index (χ2n) is 4.52. The molecule has 0 aliphatic rings. The monoisotopic (exact) mass is 283 g/mol. The van der Waals surface area contributed by atoms with Crippen LogP contribution in [-0.4, -0.2) is 33.5 Å². The van der Waals surface area contributed by atoms with E-state index in [-0.39, 0.29) is 17.2 Å². The van der Waals surface area contributed by atoms with Gasteiger partial charge in [0.25, 0.3) is 0 Å². The molecule has 1 amide bonds. The summed E-state index contributed by atoms with van der Waals surface area (Å²) in [4.78, 5) is 22.6. The number of carboxylic acids is 1. The number of carbonyl (C=O) groups excluding carboxylic acids is 1. The Morgan fingerprint density at radius 3 is 2.32 bits per heavy atom. The Hall–Kier alpha value is -1.69. The maximum Gasteiger partial charge on any atom is 0.335 e. The van der Waals surface area contributed by atoms with Gasteiger partial charge in [0, 0.05) is 11.4 Å². The minimum atomic E-state index is -1.45. The highest BCUT2D eigenvalue weighted by molar-refractivity contribution is 7.85. The van der Waals surface area contributed by atoms with Crippen LogP contribution in [0.1, 0.15) is 24.2 Å². The summed E-state index contributed by atoms with van der Waals surface area (Å²) in [5, 5.41) is 11.4. The van der Waals surface area contributed by atoms with Crippen molar-refractivity contribution in [2.24, 2.45) is 5.92 Å². The Morgan fingerprint density at radius 2 is 1.84 bits per heavy atom. The van der Waals surface area contributed by atoms with Crippen molar-refractivity contribution in [2.45, 2.75) is 18.7 Å². The van der Waals surface area contributed by atoms with Gasteiger partial charge in [0.2, 0.25) is 5.91 Å². The fourth-order valence-electron chi connectivity index (χ4n) is 1.32. The summed E-state index contributed by atoms with van der Waals surface area (Å²) < 4.78 is 11.9. The highest BCUT2D eigenvalue weighted by Gasteiger charge is 2.11. The third-order valence-corrected chi connectivity index (χ3v) is 3.66. The first-order valence-electron chi connectivity index (χ1n) is 5.88. The molecule has 0 fully saturated rings. The predicted octanol–water partition coefficient (Wildman–Crippen LogP) is 1.26. The highest BCUT2D eigenvalue weighted by atomic mass is 32.2. The summed E-state index contributed by atoms with van der Waals surface area (Å²) in [6.07, 6.45) is 0. The summed E-state index contributed by atoms with van der Waals surface area (Å²) in [6, 6.07) is 5.69. The van der Waals surface area contributed by atoms with E-state index < -0.39 is 16.8 Å². The van der Waals surface area contributed by atoms with Crippen LogP contribution in [0, 0.1) is 5.92 Å². The van der Waals surface area contributed by atoms with Crippen LogP contribution >= 0.6 is 0 Å². The van der Waals surface area contributed by atoms with Crippen LogP contribution < -0.4 is 5.32 Å². The molecule has 0 spiro atoms. The van der Waals surface area contributed by atoms with Crippen molar-refractivity contribution in [3.63, 3.8) is 0 Å². The maximum atomic E-state index is 11.9. The van der Waals surface area contributed by atoms with E-state index in [1.807, 2.05) is 13.8 Å². The normalized spacial score (nSPS) is 12.2. The molecule has 19 heavy (non-hydrogen) atoms. The molecule has 1 unspecified atom stereocenters. The van der Waals surface area contributed by atoms with Gasteiger partial charge in [-0.2, -0.15) is 0 Å². The van der Waals surface area contributed by atoms with Crippen LogP contribution in [0.2, 0.25) is 0 Å². The zero-order valence-corrected chi connectivity index (χ0v) is 11.7. The Balaban J connectivity index is 2.58. The second kappa shape index (κ2) is 7.04. The Morgan fingerprint density at radius 1 is 1.26 bits per heavy atom. The van der Waals surface area contributed by atoms with Crippen LogP contribution in [0.3, 0.4) is 0 Å². The smallest absolute Gasteiger partial charge is 0.335 e. The zero-order valence-electron chi connectivity index (χ0n) is 10.9. The lowest BCUT2D eigenvalue weighted by Gasteiger charge is -2.07. The number of hydrogen-bond acceptors (Lipinski definition) is 3. The molecule has 1 atom stereocenters. The summed E-state index contributed by atoms with van der Waals surface area (Å²) in [7, 11) is -1.45. The molecule has 0 aliphatic heterocycles. The quantitative estimate of drug-likeness (QED) is 0.823. The number of benzene rings is 1. The minimum Gasteiger partial charge on any atom is -0.478 e. The molecule has 1 aromatic carbocycles. The summed E-state index contributed by atoms with van der Waals surface area (Å²) >= 11 is 0. The van der Waals surface area contributed by atoms with Crippen LogP contribution in [0.25, 0.3) is 0 Å². The van der Waals surface area contributed by atoms with Gasteiger partial charge < -0.3 is 10.4 Å². The number of nitrogens with one attached hydrogen (secondary N) is 1. The van der Waals surface area contributed by atoms with Gasteiger partial charge in [0.05, 0.1) is 16.4 Å². The Bertz CT molecular complexity index is 482. The molecule has 0 radical (unpaired) electrons. The zero-order chi connectivity index (χ0) is 14.4. The fraction of sp³-hybridized carbons (Fsp3) is 0.385. The van der Waals surface area contributed by atoms with E-state index in [1.54, 1.807) is 0 Å². The van der Waals surface area contributed by atoms with Crippen LogP contribution in [0.4, 0.5) is 0 Å². The van der Waals surface area contributed by atoms with Gasteiger partial charge >= 0.3 is 5.97 Å².